The summed E-state index contributed by atoms with van der Waals surface area (Å²) < 4.78 is 0. The topological polar surface area (TPSA) is 69.8 Å². The Balaban J connectivity index is 2.17. The normalized spacial score (nSPS) is 9.81. The van der Waals surface area contributed by atoms with E-state index in [1.807, 2.05) is 12.1 Å². The van der Waals surface area contributed by atoms with Crippen molar-refractivity contribution in [2.24, 2.45) is 0 Å². The molecule has 16 heavy (non-hydrogen) atoms. The molecule has 1 aromatic carbocycles. The van der Waals surface area contributed by atoms with Crippen LogP contribution in [-0.2, 0) is 4.79 Å². The lowest BCUT2D eigenvalue weighted by atomic mass is 10.2. The van der Waals surface area contributed by atoms with E-state index in [9.17, 15) is 4.79 Å². The third-order valence-electron chi connectivity index (χ3n) is 1.96. The highest BCUT2D eigenvalue weighted by molar-refractivity contribution is 6.30. The molecule has 0 aliphatic heterocycles. The summed E-state index contributed by atoms with van der Waals surface area (Å²) >= 11 is 5.78. The predicted octanol–water partition coefficient (Wildman–Crippen LogP) is 1.80. The Labute approximate surface area is 96.8 Å². The SMILES string of the molecule is O=CNNc1cnc(-c2ccc(Cl)cc2)[nH]1. The van der Waals surface area contributed by atoms with Crippen LogP contribution in [0.5, 0.6) is 0 Å². The number of nitrogens with zero attached hydrogens (tertiary/aromatic N) is 1. The average molecular weight is 237 g/mol. The number of H-pyrrole nitrogens is 1. The van der Waals surface area contributed by atoms with E-state index in [0.717, 1.165) is 5.56 Å². The van der Waals surface area contributed by atoms with Crippen LogP contribution in [0.4, 0.5) is 5.82 Å². The van der Waals surface area contributed by atoms with Crippen molar-refractivity contribution in [2.45, 2.75) is 0 Å². The summed E-state index contributed by atoms with van der Waals surface area (Å²) in [5, 5.41) is 0.677. The third kappa shape index (κ3) is 2.32. The van der Waals surface area contributed by atoms with Crippen LogP contribution < -0.4 is 10.9 Å². The van der Waals surface area contributed by atoms with Crippen LogP contribution in [-0.4, -0.2) is 16.4 Å². The van der Waals surface area contributed by atoms with Crippen molar-refractivity contribution in [3.8, 4) is 11.4 Å². The van der Waals surface area contributed by atoms with Gasteiger partial charge in [-0.05, 0) is 24.3 Å². The highest BCUT2D eigenvalue weighted by atomic mass is 35.5. The minimum atomic E-state index is 0.544. The second-order valence-corrected chi connectivity index (χ2v) is 3.48. The Morgan fingerprint density at radius 3 is 2.75 bits per heavy atom. The lowest BCUT2D eigenvalue weighted by molar-refractivity contribution is -0.109. The Hall–Kier alpha value is -2.01. The molecule has 1 heterocycles. The molecule has 6 heteroatoms. The van der Waals surface area contributed by atoms with Gasteiger partial charge < -0.3 is 4.98 Å². The first-order valence-corrected chi connectivity index (χ1v) is 4.93. The highest BCUT2D eigenvalue weighted by Crippen LogP contribution is 2.19. The van der Waals surface area contributed by atoms with Crippen LogP contribution in [0.3, 0.4) is 0 Å². The van der Waals surface area contributed by atoms with Gasteiger partial charge in [0.25, 0.3) is 0 Å². The van der Waals surface area contributed by atoms with Gasteiger partial charge in [-0.1, -0.05) is 11.6 Å². The number of benzene rings is 1. The molecule has 0 saturated carbocycles. The number of halogens is 1. The molecule has 0 spiro atoms. The molecule has 0 radical (unpaired) electrons. The number of carbonyl (C=O) groups excluding carboxylic acids is 1. The van der Waals surface area contributed by atoms with Gasteiger partial charge in [-0.15, -0.1) is 0 Å². The number of imidazole rings is 1. The molecule has 82 valence electrons. The van der Waals surface area contributed by atoms with Gasteiger partial charge in [-0.3, -0.25) is 15.6 Å². The van der Waals surface area contributed by atoms with Gasteiger partial charge in [0.15, 0.2) is 0 Å². The summed E-state index contributed by atoms with van der Waals surface area (Å²) in [6.07, 6.45) is 2.13. The van der Waals surface area contributed by atoms with Crippen molar-refractivity contribution in [2.75, 3.05) is 5.43 Å². The largest absolute Gasteiger partial charge is 0.324 e. The summed E-state index contributed by atoms with van der Waals surface area (Å²) in [5.41, 5.74) is 5.87. The number of aromatic amines is 1. The van der Waals surface area contributed by atoms with Crippen LogP contribution in [0.15, 0.2) is 30.5 Å². The fourth-order valence-electron chi connectivity index (χ4n) is 1.25. The Bertz CT molecular complexity index is 480. The Morgan fingerprint density at radius 1 is 1.31 bits per heavy atom. The third-order valence-corrected chi connectivity index (χ3v) is 2.21. The zero-order valence-electron chi connectivity index (χ0n) is 8.20. The smallest absolute Gasteiger partial charge is 0.225 e. The van der Waals surface area contributed by atoms with Crippen molar-refractivity contribution in [1.29, 1.82) is 0 Å². The molecule has 0 bridgehead atoms. The zero-order chi connectivity index (χ0) is 11.4. The maximum atomic E-state index is 10.1. The lowest BCUT2D eigenvalue weighted by Gasteiger charge is -1.99. The number of hydrazine groups is 1. The van der Waals surface area contributed by atoms with Gasteiger partial charge in [0.2, 0.25) is 6.41 Å². The molecule has 1 amide bonds. The van der Waals surface area contributed by atoms with Gasteiger partial charge in [0.1, 0.15) is 11.6 Å². The second kappa shape index (κ2) is 4.67. The van der Waals surface area contributed by atoms with E-state index in [1.165, 1.54) is 0 Å². The summed E-state index contributed by atoms with van der Waals surface area (Å²) in [5.74, 6) is 1.31. The van der Waals surface area contributed by atoms with Crippen LogP contribution >= 0.6 is 11.6 Å². The monoisotopic (exact) mass is 236 g/mol. The molecule has 0 saturated heterocycles. The quantitative estimate of drug-likeness (QED) is 0.560. The van der Waals surface area contributed by atoms with Crippen molar-refractivity contribution in [3.05, 3.63) is 35.5 Å². The molecule has 5 nitrogen and oxygen atoms in total. The fraction of sp³-hybridized carbons (Fsp3) is 0. The average Bonchev–Trinajstić information content (AvgIpc) is 2.76. The van der Waals surface area contributed by atoms with Crippen LogP contribution in [0.25, 0.3) is 11.4 Å². The molecule has 3 N–H and O–H groups in total. The maximum absolute atomic E-state index is 10.1. The predicted molar refractivity (Wildman–Crippen MR) is 61.9 cm³/mol. The first kappa shape index (κ1) is 10.5. The number of aromatic nitrogens is 2. The molecule has 2 aromatic rings. The first-order valence-electron chi connectivity index (χ1n) is 4.56. The fourth-order valence-corrected chi connectivity index (χ4v) is 1.37. The summed E-state index contributed by atoms with van der Waals surface area (Å²) in [4.78, 5) is 17.2. The second-order valence-electron chi connectivity index (χ2n) is 3.04. The standard InChI is InChI=1S/C10H9ClN4O/c11-8-3-1-7(2-4-8)10-12-5-9(14-10)15-13-6-16/h1-6,15H,(H,12,14)(H,13,16). The summed E-state index contributed by atoms with van der Waals surface area (Å²) in [7, 11) is 0. The number of hydrogen-bond acceptors (Lipinski definition) is 3. The van der Waals surface area contributed by atoms with E-state index in [2.05, 4.69) is 20.8 Å². The zero-order valence-corrected chi connectivity index (χ0v) is 8.95. The Kier molecular flexibility index (Phi) is 3.07. The number of nitrogens with one attached hydrogen (secondary N) is 3. The van der Waals surface area contributed by atoms with E-state index < -0.39 is 0 Å². The molecule has 0 unspecified atom stereocenters. The van der Waals surface area contributed by atoms with E-state index in [0.29, 0.717) is 23.1 Å². The van der Waals surface area contributed by atoms with E-state index in [-0.39, 0.29) is 0 Å². The minimum Gasteiger partial charge on any atom is -0.324 e. The van der Waals surface area contributed by atoms with Crippen LogP contribution in [0.1, 0.15) is 0 Å². The molecule has 0 fully saturated rings. The van der Waals surface area contributed by atoms with Crippen LogP contribution in [0.2, 0.25) is 5.02 Å². The molecular weight excluding hydrogens is 228 g/mol. The van der Waals surface area contributed by atoms with Crippen molar-refractivity contribution >= 4 is 23.8 Å². The Morgan fingerprint density at radius 2 is 2.06 bits per heavy atom. The van der Waals surface area contributed by atoms with Gasteiger partial charge in [-0.2, -0.15) is 0 Å². The summed E-state index contributed by atoms with van der Waals surface area (Å²) in [6.45, 7) is 0. The van der Waals surface area contributed by atoms with Crippen LogP contribution in [0, 0.1) is 0 Å². The minimum absolute atomic E-state index is 0.544. The van der Waals surface area contributed by atoms with Gasteiger partial charge >= 0.3 is 0 Å². The van der Waals surface area contributed by atoms with Gasteiger partial charge in [0.05, 0.1) is 6.20 Å². The molecule has 2 rings (SSSR count). The van der Waals surface area contributed by atoms with Gasteiger partial charge in [-0.25, -0.2) is 4.98 Å². The molecule has 1 aromatic heterocycles. The molecular formula is C10H9ClN4O. The molecule has 0 aliphatic carbocycles. The summed E-state index contributed by atoms with van der Waals surface area (Å²) in [6, 6.07) is 7.29. The molecule has 0 atom stereocenters. The van der Waals surface area contributed by atoms with E-state index in [1.54, 1.807) is 18.3 Å². The molecule has 0 aliphatic rings. The lowest BCUT2D eigenvalue weighted by Crippen LogP contribution is -2.18. The van der Waals surface area contributed by atoms with Crippen molar-refractivity contribution in [3.63, 3.8) is 0 Å². The van der Waals surface area contributed by atoms with Gasteiger partial charge in [0, 0.05) is 10.6 Å². The number of hydrogen-bond donors (Lipinski definition) is 3. The van der Waals surface area contributed by atoms with Crippen molar-refractivity contribution < 1.29 is 4.79 Å². The number of amides is 1. The first-order chi connectivity index (χ1) is 7.79. The highest BCUT2D eigenvalue weighted by Gasteiger charge is 2.02. The van der Waals surface area contributed by atoms with Crippen molar-refractivity contribution in [1.82, 2.24) is 15.4 Å². The number of anilines is 1. The number of carbonyl (C=O) groups is 1. The van der Waals surface area contributed by atoms with E-state index >= 15 is 0 Å². The maximum Gasteiger partial charge on any atom is 0.225 e. The van der Waals surface area contributed by atoms with E-state index in [4.69, 9.17) is 11.6 Å². The number of rotatable bonds is 4.